The molecule has 0 spiro atoms. The van der Waals surface area contributed by atoms with E-state index in [1.807, 2.05) is 0 Å². The van der Waals surface area contributed by atoms with Crippen LogP contribution in [0.1, 0.15) is 23.6 Å². The number of carbonyl (C=O) groups is 1. The lowest BCUT2D eigenvalue weighted by Crippen LogP contribution is -1.94. The Hall–Kier alpha value is -1.38. The number of carbonyl (C=O) groups excluding carboxylic acids is 1. The van der Waals surface area contributed by atoms with E-state index in [1.165, 1.54) is 6.20 Å². The zero-order chi connectivity index (χ0) is 8.55. The molecule has 0 aliphatic heterocycles. The van der Waals surface area contributed by atoms with Gasteiger partial charge < -0.3 is 9.90 Å². The van der Waals surface area contributed by atoms with E-state index in [9.17, 15) is 4.79 Å². The summed E-state index contributed by atoms with van der Waals surface area (Å²) in [5.41, 5.74) is 1.84. The molecule has 0 saturated heterocycles. The molecule has 1 aromatic heterocycles. The maximum Gasteiger partial charge on any atom is 0.134 e. The second-order valence-corrected chi connectivity index (χ2v) is 3.01. The van der Waals surface area contributed by atoms with Crippen molar-refractivity contribution in [3.8, 4) is 5.75 Å². The summed E-state index contributed by atoms with van der Waals surface area (Å²) in [5, 5.41) is 9.13. The molecule has 62 valence electrons. The van der Waals surface area contributed by atoms with Crippen LogP contribution >= 0.6 is 0 Å². The summed E-state index contributed by atoms with van der Waals surface area (Å²) in [6.07, 6.45) is 4.02. The van der Waals surface area contributed by atoms with E-state index in [4.69, 9.17) is 5.11 Å². The molecule has 3 heteroatoms. The number of hydrogen-bond donors (Lipinski definition) is 1. The molecule has 0 fully saturated rings. The predicted molar refractivity (Wildman–Crippen MR) is 43.0 cm³/mol. The Balaban J connectivity index is 2.49. The molecule has 0 amide bonds. The minimum Gasteiger partial charge on any atom is -0.506 e. The van der Waals surface area contributed by atoms with Gasteiger partial charge in [0, 0.05) is 11.6 Å². The first kappa shape index (κ1) is 7.28. The summed E-state index contributed by atoms with van der Waals surface area (Å²) in [7, 11) is 0. The van der Waals surface area contributed by atoms with Crippen LogP contribution in [0.15, 0.2) is 12.3 Å². The van der Waals surface area contributed by atoms with Crippen molar-refractivity contribution < 1.29 is 9.90 Å². The van der Waals surface area contributed by atoms with Gasteiger partial charge in [-0.25, -0.2) is 0 Å². The molecule has 1 unspecified atom stereocenters. The van der Waals surface area contributed by atoms with Gasteiger partial charge in [-0.2, -0.15) is 0 Å². The number of aldehydes is 1. The highest BCUT2D eigenvalue weighted by Gasteiger charge is 2.23. The van der Waals surface area contributed by atoms with Crippen molar-refractivity contribution in [3.05, 3.63) is 23.5 Å². The molecule has 1 aromatic rings. The molecule has 1 atom stereocenters. The topological polar surface area (TPSA) is 50.2 Å². The van der Waals surface area contributed by atoms with Crippen LogP contribution in [0.25, 0.3) is 0 Å². The van der Waals surface area contributed by atoms with Gasteiger partial charge in [0.25, 0.3) is 0 Å². The van der Waals surface area contributed by atoms with Crippen molar-refractivity contribution in [1.29, 1.82) is 0 Å². The van der Waals surface area contributed by atoms with Crippen molar-refractivity contribution in [2.45, 2.75) is 18.8 Å². The molecular weight excluding hydrogens is 154 g/mol. The van der Waals surface area contributed by atoms with Crippen molar-refractivity contribution in [1.82, 2.24) is 4.98 Å². The Morgan fingerprint density at radius 1 is 1.67 bits per heavy atom. The van der Waals surface area contributed by atoms with E-state index in [0.29, 0.717) is 0 Å². The summed E-state index contributed by atoms with van der Waals surface area (Å²) in [6, 6.07) is 1.63. The standard InChI is InChI=1S/C9H9NO2/c11-5-6-1-2-9-8(6)3-7(12)4-10-9/h3-6,12H,1-2H2. The van der Waals surface area contributed by atoms with E-state index in [-0.39, 0.29) is 11.7 Å². The number of aromatic hydroxyl groups is 1. The largest absolute Gasteiger partial charge is 0.506 e. The van der Waals surface area contributed by atoms with Gasteiger partial charge in [-0.05, 0) is 24.5 Å². The molecule has 0 bridgehead atoms. The molecule has 1 aliphatic rings. The lowest BCUT2D eigenvalue weighted by atomic mass is 10.1. The number of nitrogens with zero attached hydrogens (tertiary/aromatic N) is 1. The van der Waals surface area contributed by atoms with Gasteiger partial charge in [0.15, 0.2) is 0 Å². The van der Waals surface area contributed by atoms with E-state index in [0.717, 1.165) is 30.4 Å². The average molecular weight is 163 g/mol. The molecule has 1 N–H and O–H groups in total. The molecule has 12 heavy (non-hydrogen) atoms. The fraction of sp³-hybridized carbons (Fsp3) is 0.333. The SMILES string of the molecule is O=CC1CCc2ncc(O)cc21. The number of pyridine rings is 1. The van der Waals surface area contributed by atoms with E-state index in [1.54, 1.807) is 6.07 Å². The van der Waals surface area contributed by atoms with Crippen molar-refractivity contribution in [3.63, 3.8) is 0 Å². The first-order valence-corrected chi connectivity index (χ1v) is 3.94. The van der Waals surface area contributed by atoms with E-state index in [2.05, 4.69) is 4.98 Å². The van der Waals surface area contributed by atoms with Gasteiger partial charge in [0.1, 0.15) is 12.0 Å². The van der Waals surface area contributed by atoms with Crippen LogP contribution in [-0.2, 0) is 11.2 Å². The first-order valence-electron chi connectivity index (χ1n) is 3.94. The Labute approximate surface area is 70.1 Å². The summed E-state index contributed by atoms with van der Waals surface area (Å²) in [4.78, 5) is 14.6. The molecule has 0 radical (unpaired) electrons. The molecular formula is C9H9NO2. The quantitative estimate of drug-likeness (QED) is 0.629. The van der Waals surface area contributed by atoms with Crippen LogP contribution in [0.5, 0.6) is 5.75 Å². The smallest absolute Gasteiger partial charge is 0.134 e. The van der Waals surface area contributed by atoms with Gasteiger partial charge in [-0.15, -0.1) is 0 Å². The third-order valence-electron chi connectivity index (χ3n) is 2.25. The Morgan fingerprint density at radius 3 is 3.25 bits per heavy atom. The van der Waals surface area contributed by atoms with Crippen LogP contribution in [-0.4, -0.2) is 16.4 Å². The van der Waals surface area contributed by atoms with Crippen molar-refractivity contribution >= 4 is 6.29 Å². The van der Waals surface area contributed by atoms with E-state index >= 15 is 0 Å². The number of aryl methyl sites for hydroxylation is 1. The molecule has 0 aromatic carbocycles. The highest BCUT2D eigenvalue weighted by atomic mass is 16.3. The Kier molecular flexibility index (Phi) is 1.57. The fourth-order valence-corrected chi connectivity index (χ4v) is 1.62. The van der Waals surface area contributed by atoms with Crippen LogP contribution < -0.4 is 0 Å². The number of aromatic nitrogens is 1. The fourth-order valence-electron chi connectivity index (χ4n) is 1.62. The minimum atomic E-state index is -0.0559. The van der Waals surface area contributed by atoms with Crippen LogP contribution in [0.2, 0.25) is 0 Å². The molecule has 1 heterocycles. The van der Waals surface area contributed by atoms with Gasteiger partial charge >= 0.3 is 0 Å². The molecule has 1 aliphatic carbocycles. The molecule has 2 rings (SSSR count). The third kappa shape index (κ3) is 0.978. The maximum absolute atomic E-state index is 10.6. The summed E-state index contributed by atoms with van der Waals surface area (Å²) in [5.74, 6) is 0.0853. The van der Waals surface area contributed by atoms with Crippen LogP contribution in [0.4, 0.5) is 0 Å². The highest BCUT2D eigenvalue weighted by Crippen LogP contribution is 2.31. The molecule has 3 nitrogen and oxygen atoms in total. The first-order chi connectivity index (χ1) is 5.81. The normalized spacial score (nSPS) is 20.5. The second kappa shape index (κ2) is 2.59. The van der Waals surface area contributed by atoms with Crippen molar-refractivity contribution in [2.24, 2.45) is 0 Å². The second-order valence-electron chi connectivity index (χ2n) is 3.01. The summed E-state index contributed by atoms with van der Waals surface area (Å²) < 4.78 is 0. The monoisotopic (exact) mass is 163 g/mol. The van der Waals surface area contributed by atoms with Crippen LogP contribution in [0, 0.1) is 0 Å². The Morgan fingerprint density at radius 2 is 2.50 bits per heavy atom. The lowest BCUT2D eigenvalue weighted by molar-refractivity contribution is -0.109. The number of hydrogen-bond acceptors (Lipinski definition) is 3. The van der Waals surface area contributed by atoms with Crippen molar-refractivity contribution in [2.75, 3.05) is 0 Å². The van der Waals surface area contributed by atoms with Gasteiger partial charge in [0.2, 0.25) is 0 Å². The zero-order valence-electron chi connectivity index (χ0n) is 6.53. The van der Waals surface area contributed by atoms with Gasteiger partial charge in [-0.3, -0.25) is 4.98 Å². The van der Waals surface area contributed by atoms with Crippen LogP contribution in [0.3, 0.4) is 0 Å². The Bertz CT molecular complexity index is 322. The predicted octanol–water partition coefficient (Wildman–Crippen LogP) is 1.02. The highest BCUT2D eigenvalue weighted by molar-refractivity contribution is 5.64. The minimum absolute atomic E-state index is 0.0559. The molecule has 0 saturated carbocycles. The maximum atomic E-state index is 10.6. The van der Waals surface area contributed by atoms with Gasteiger partial charge in [-0.1, -0.05) is 0 Å². The third-order valence-corrected chi connectivity index (χ3v) is 2.25. The van der Waals surface area contributed by atoms with E-state index < -0.39 is 0 Å². The summed E-state index contributed by atoms with van der Waals surface area (Å²) in [6.45, 7) is 0. The summed E-state index contributed by atoms with van der Waals surface area (Å²) >= 11 is 0. The average Bonchev–Trinajstić information content (AvgIpc) is 2.46. The zero-order valence-corrected chi connectivity index (χ0v) is 6.53. The van der Waals surface area contributed by atoms with Gasteiger partial charge in [0.05, 0.1) is 6.20 Å². The number of fused-ring (bicyclic) bond motifs is 1. The number of rotatable bonds is 1. The lowest BCUT2D eigenvalue weighted by Gasteiger charge is -2.01.